The SMILES string of the molecule is CCCCCCNC(C)c1ccc(C)cc1C. The number of hydrogen-bond acceptors (Lipinski definition) is 1. The summed E-state index contributed by atoms with van der Waals surface area (Å²) in [6.45, 7) is 10.0. The highest BCUT2D eigenvalue weighted by atomic mass is 14.9. The molecule has 0 spiro atoms. The molecule has 0 fully saturated rings. The molecule has 1 heteroatoms. The van der Waals surface area contributed by atoms with Gasteiger partial charge in [0, 0.05) is 6.04 Å². The van der Waals surface area contributed by atoms with Crippen LogP contribution in [0.25, 0.3) is 0 Å². The van der Waals surface area contributed by atoms with Crippen LogP contribution in [-0.2, 0) is 0 Å². The van der Waals surface area contributed by atoms with Gasteiger partial charge in [0.15, 0.2) is 0 Å². The van der Waals surface area contributed by atoms with Crippen molar-refractivity contribution in [1.29, 1.82) is 0 Å². The fourth-order valence-corrected chi connectivity index (χ4v) is 2.29. The zero-order valence-corrected chi connectivity index (χ0v) is 11.8. The van der Waals surface area contributed by atoms with Crippen molar-refractivity contribution >= 4 is 0 Å². The van der Waals surface area contributed by atoms with E-state index >= 15 is 0 Å². The number of unbranched alkanes of at least 4 members (excludes halogenated alkanes) is 3. The molecule has 0 bridgehead atoms. The van der Waals surface area contributed by atoms with Crippen molar-refractivity contribution in [3.63, 3.8) is 0 Å². The summed E-state index contributed by atoms with van der Waals surface area (Å²) in [6, 6.07) is 7.20. The third-order valence-corrected chi connectivity index (χ3v) is 3.37. The Morgan fingerprint density at radius 1 is 1.12 bits per heavy atom. The van der Waals surface area contributed by atoms with Crippen LogP contribution in [-0.4, -0.2) is 6.54 Å². The molecule has 0 saturated carbocycles. The zero-order valence-electron chi connectivity index (χ0n) is 11.8. The molecule has 96 valence electrons. The molecule has 0 aliphatic carbocycles. The Morgan fingerprint density at radius 2 is 1.88 bits per heavy atom. The van der Waals surface area contributed by atoms with Crippen molar-refractivity contribution < 1.29 is 0 Å². The average molecular weight is 233 g/mol. The highest BCUT2D eigenvalue weighted by Crippen LogP contribution is 2.18. The molecule has 1 atom stereocenters. The van der Waals surface area contributed by atoms with Gasteiger partial charge in [-0.3, -0.25) is 0 Å². The topological polar surface area (TPSA) is 12.0 Å². The van der Waals surface area contributed by atoms with Crippen molar-refractivity contribution in [2.24, 2.45) is 0 Å². The number of rotatable bonds is 7. The smallest absolute Gasteiger partial charge is 0.0294 e. The van der Waals surface area contributed by atoms with Gasteiger partial charge in [-0.15, -0.1) is 0 Å². The summed E-state index contributed by atoms with van der Waals surface area (Å²) in [6.07, 6.45) is 5.32. The molecule has 0 aliphatic rings. The molecule has 1 rings (SSSR count). The van der Waals surface area contributed by atoms with E-state index < -0.39 is 0 Å². The van der Waals surface area contributed by atoms with E-state index in [1.807, 2.05) is 0 Å². The summed E-state index contributed by atoms with van der Waals surface area (Å²) in [5.74, 6) is 0. The minimum Gasteiger partial charge on any atom is -0.310 e. The quantitative estimate of drug-likeness (QED) is 0.682. The van der Waals surface area contributed by atoms with E-state index in [0.29, 0.717) is 6.04 Å². The van der Waals surface area contributed by atoms with Crippen molar-refractivity contribution in [3.8, 4) is 0 Å². The fraction of sp³-hybridized carbons (Fsp3) is 0.625. The largest absolute Gasteiger partial charge is 0.310 e. The van der Waals surface area contributed by atoms with Crippen molar-refractivity contribution in [3.05, 3.63) is 34.9 Å². The molecule has 1 unspecified atom stereocenters. The van der Waals surface area contributed by atoms with Gasteiger partial charge in [-0.25, -0.2) is 0 Å². The lowest BCUT2D eigenvalue weighted by molar-refractivity contribution is 0.535. The van der Waals surface area contributed by atoms with Gasteiger partial charge >= 0.3 is 0 Å². The van der Waals surface area contributed by atoms with Crippen molar-refractivity contribution in [1.82, 2.24) is 5.32 Å². The lowest BCUT2D eigenvalue weighted by atomic mass is 10.0. The van der Waals surface area contributed by atoms with E-state index in [-0.39, 0.29) is 0 Å². The Kier molecular flexibility index (Phi) is 6.28. The molecule has 1 N–H and O–H groups in total. The van der Waals surface area contributed by atoms with Gasteiger partial charge in [-0.05, 0) is 44.9 Å². The van der Waals surface area contributed by atoms with Gasteiger partial charge in [0.05, 0.1) is 0 Å². The Morgan fingerprint density at radius 3 is 2.53 bits per heavy atom. The van der Waals surface area contributed by atoms with Crippen LogP contribution in [0.3, 0.4) is 0 Å². The highest BCUT2D eigenvalue weighted by Gasteiger charge is 2.06. The van der Waals surface area contributed by atoms with E-state index in [4.69, 9.17) is 0 Å². The van der Waals surface area contributed by atoms with Gasteiger partial charge in [-0.1, -0.05) is 49.9 Å². The summed E-state index contributed by atoms with van der Waals surface area (Å²) in [5.41, 5.74) is 4.19. The Bertz CT molecular complexity index is 330. The maximum atomic E-state index is 3.62. The predicted molar refractivity (Wildman–Crippen MR) is 76.5 cm³/mol. The van der Waals surface area contributed by atoms with Gasteiger partial charge in [0.2, 0.25) is 0 Å². The molecule has 0 amide bonds. The first-order valence-electron chi connectivity index (χ1n) is 6.95. The zero-order chi connectivity index (χ0) is 12.7. The van der Waals surface area contributed by atoms with E-state index in [9.17, 15) is 0 Å². The molecule has 1 nitrogen and oxygen atoms in total. The lowest BCUT2D eigenvalue weighted by Gasteiger charge is -2.17. The summed E-state index contributed by atoms with van der Waals surface area (Å²) < 4.78 is 0. The summed E-state index contributed by atoms with van der Waals surface area (Å²) in [7, 11) is 0. The molecular formula is C16H27N. The number of aryl methyl sites for hydroxylation is 2. The Balaban J connectivity index is 2.38. The average Bonchev–Trinajstić information content (AvgIpc) is 2.28. The molecule has 0 heterocycles. The third kappa shape index (κ3) is 4.91. The van der Waals surface area contributed by atoms with Crippen LogP contribution in [0.1, 0.15) is 62.3 Å². The van der Waals surface area contributed by atoms with Crippen LogP contribution in [0.5, 0.6) is 0 Å². The standard InChI is InChI=1S/C16H27N/c1-5-6-7-8-11-17-15(4)16-10-9-13(2)12-14(16)3/h9-10,12,15,17H,5-8,11H2,1-4H3. The monoisotopic (exact) mass is 233 g/mol. The van der Waals surface area contributed by atoms with Gasteiger partial charge in [-0.2, -0.15) is 0 Å². The summed E-state index contributed by atoms with van der Waals surface area (Å²) in [5, 5.41) is 3.62. The van der Waals surface area contributed by atoms with E-state index in [1.54, 1.807) is 0 Å². The third-order valence-electron chi connectivity index (χ3n) is 3.37. The van der Waals surface area contributed by atoms with Crippen LogP contribution < -0.4 is 5.32 Å². The lowest BCUT2D eigenvalue weighted by Crippen LogP contribution is -2.20. The van der Waals surface area contributed by atoms with E-state index in [2.05, 4.69) is 51.2 Å². The first-order valence-corrected chi connectivity index (χ1v) is 6.95. The molecule has 1 aromatic carbocycles. The molecule has 0 aromatic heterocycles. The van der Waals surface area contributed by atoms with Crippen LogP contribution >= 0.6 is 0 Å². The van der Waals surface area contributed by atoms with Crippen LogP contribution in [0.15, 0.2) is 18.2 Å². The van der Waals surface area contributed by atoms with Crippen LogP contribution in [0.4, 0.5) is 0 Å². The second-order valence-electron chi connectivity index (χ2n) is 5.10. The highest BCUT2D eigenvalue weighted by molar-refractivity contribution is 5.32. The van der Waals surface area contributed by atoms with Crippen molar-refractivity contribution in [2.75, 3.05) is 6.54 Å². The number of nitrogens with one attached hydrogen (secondary N) is 1. The van der Waals surface area contributed by atoms with E-state index in [1.165, 1.54) is 42.4 Å². The van der Waals surface area contributed by atoms with Crippen molar-refractivity contribution in [2.45, 2.75) is 59.4 Å². The summed E-state index contributed by atoms with van der Waals surface area (Å²) >= 11 is 0. The Labute approximate surface area is 107 Å². The van der Waals surface area contributed by atoms with Crippen LogP contribution in [0, 0.1) is 13.8 Å². The molecule has 0 saturated heterocycles. The minimum absolute atomic E-state index is 0.470. The van der Waals surface area contributed by atoms with E-state index in [0.717, 1.165) is 6.54 Å². The van der Waals surface area contributed by atoms with Gasteiger partial charge in [0.1, 0.15) is 0 Å². The van der Waals surface area contributed by atoms with Crippen LogP contribution in [0.2, 0.25) is 0 Å². The molecule has 1 aromatic rings. The molecule has 17 heavy (non-hydrogen) atoms. The first kappa shape index (κ1) is 14.2. The first-order chi connectivity index (χ1) is 8.15. The second-order valence-corrected chi connectivity index (χ2v) is 5.10. The number of benzene rings is 1. The van der Waals surface area contributed by atoms with Gasteiger partial charge in [0.25, 0.3) is 0 Å². The predicted octanol–water partition coefficient (Wildman–Crippen LogP) is 4.53. The fourth-order valence-electron chi connectivity index (χ4n) is 2.29. The minimum atomic E-state index is 0.470. The molecule has 0 aliphatic heterocycles. The maximum Gasteiger partial charge on any atom is 0.0294 e. The second kappa shape index (κ2) is 7.50. The maximum absolute atomic E-state index is 3.62. The Hall–Kier alpha value is -0.820. The van der Waals surface area contributed by atoms with Gasteiger partial charge < -0.3 is 5.32 Å². The normalized spacial score (nSPS) is 12.7. The molecular weight excluding hydrogens is 206 g/mol. The molecule has 0 radical (unpaired) electrons. The summed E-state index contributed by atoms with van der Waals surface area (Å²) in [4.78, 5) is 0. The number of hydrogen-bond donors (Lipinski definition) is 1.